The molecule has 0 amide bonds. The molecule has 0 radical (unpaired) electrons. The van der Waals surface area contributed by atoms with Gasteiger partial charge in [0.2, 0.25) is 10.0 Å². The molecule has 0 aliphatic heterocycles. The summed E-state index contributed by atoms with van der Waals surface area (Å²) in [4.78, 5) is 11.3. The molecular formula is C14H22N2O4S. The van der Waals surface area contributed by atoms with Gasteiger partial charge in [0.25, 0.3) is 0 Å². The highest BCUT2D eigenvalue weighted by atomic mass is 32.2. The number of carbonyl (C=O) groups is 1. The molecule has 0 heterocycles. The molecule has 0 saturated carbocycles. The van der Waals surface area contributed by atoms with Crippen LogP contribution in [0.5, 0.6) is 0 Å². The molecule has 0 bridgehead atoms. The lowest BCUT2D eigenvalue weighted by molar-refractivity contribution is 0.0697. The Balaban J connectivity index is 3.23. The number of carboxylic acids is 1. The zero-order chi connectivity index (χ0) is 16.2. The van der Waals surface area contributed by atoms with Crippen molar-refractivity contribution in [1.29, 1.82) is 0 Å². The van der Waals surface area contributed by atoms with Crippen LogP contribution in [0, 0.1) is 0 Å². The lowest BCUT2D eigenvalue weighted by Gasteiger charge is -2.18. The van der Waals surface area contributed by atoms with Gasteiger partial charge in [-0.05, 0) is 31.5 Å². The van der Waals surface area contributed by atoms with E-state index in [2.05, 4.69) is 5.32 Å². The van der Waals surface area contributed by atoms with Gasteiger partial charge < -0.3 is 10.4 Å². The Labute approximate surface area is 125 Å². The van der Waals surface area contributed by atoms with Gasteiger partial charge in [0, 0.05) is 25.8 Å². The van der Waals surface area contributed by atoms with Crippen LogP contribution in [0.4, 0.5) is 5.69 Å². The summed E-state index contributed by atoms with van der Waals surface area (Å²) in [6, 6.07) is 4.23. The lowest BCUT2D eigenvalue weighted by atomic mass is 10.1. The molecule has 0 spiro atoms. The van der Waals surface area contributed by atoms with Crippen LogP contribution in [0.15, 0.2) is 23.1 Å². The summed E-state index contributed by atoms with van der Waals surface area (Å²) in [6.45, 7) is 4.00. The number of aromatic carboxylic acids is 1. The SMILES string of the molecule is CCCC(C)Nc1ccc(S(=O)(=O)N(C)C)cc1C(=O)O. The van der Waals surface area contributed by atoms with E-state index in [1.165, 1.54) is 32.3 Å². The highest BCUT2D eigenvalue weighted by Gasteiger charge is 2.21. The Bertz CT molecular complexity index is 611. The normalized spacial score (nSPS) is 13.2. The van der Waals surface area contributed by atoms with Crippen LogP contribution in [0.1, 0.15) is 37.0 Å². The number of nitrogens with one attached hydrogen (secondary N) is 1. The van der Waals surface area contributed by atoms with Crippen molar-refractivity contribution >= 4 is 21.7 Å². The quantitative estimate of drug-likeness (QED) is 0.806. The van der Waals surface area contributed by atoms with Gasteiger partial charge in [-0.15, -0.1) is 0 Å². The molecule has 0 saturated heterocycles. The first-order valence-corrected chi connectivity index (χ1v) is 8.20. The molecule has 118 valence electrons. The number of anilines is 1. The maximum atomic E-state index is 12.1. The minimum Gasteiger partial charge on any atom is -0.478 e. The Kier molecular flexibility index (Phi) is 5.74. The van der Waals surface area contributed by atoms with Crippen LogP contribution in [0.25, 0.3) is 0 Å². The predicted molar refractivity (Wildman–Crippen MR) is 82.3 cm³/mol. The van der Waals surface area contributed by atoms with Gasteiger partial charge in [-0.1, -0.05) is 13.3 Å². The molecule has 21 heavy (non-hydrogen) atoms. The van der Waals surface area contributed by atoms with E-state index in [-0.39, 0.29) is 16.5 Å². The van der Waals surface area contributed by atoms with Crippen molar-refractivity contribution in [3.05, 3.63) is 23.8 Å². The van der Waals surface area contributed by atoms with Crippen molar-refractivity contribution in [2.24, 2.45) is 0 Å². The van der Waals surface area contributed by atoms with Crippen LogP contribution in [0.2, 0.25) is 0 Å². The van der Waals surface area contributed by atoms with Crippen LogP contribution >= 0.6 is 0 Å². The van der Waals surface area contributed by atoms with E-state index in [0.717, 1.165) is 17.1 Å². The zero-order valence-electron chi connectivity index (χ0n) is 12.8. The van der Waals surface area contributed by atoms with Crippen molar-refractivity contribution in [2.75, 3.05) is 19.4 Å². The lowest BCUT2D eigenvalue weighted by Crippen LogP contribution is -2.23. The minimum atomic E-state index is -3.65. The summed E-state index contributed by atoms with van der Waals surface area (Å²) in [7, 11) is -0.830. The third kappa shape index (κ3) is 4.18. The van der Waals surface area contributed by atoms with Crippen molar-refractivity contribution < 1.29 is 18.3 Å². The van der Waals surface area contributed by atoms with E-state index in [1.54, 1.807) is 0 Å². The Hall–Kier alpha value is -1.60. The number of carboxylic acid groups (broad SMARTS) is 1. The molecule has 1 rings (SSSR count). The maximum absolute atomic E-state index is 12.1. The van der Waals surface area contributed by atoms with E-state index in [4.69, 9.17) is 0 Å². The maximum Gasteiger partial charge on any atom is 0.337 e. The Morgan fingerprint density at radius 2 is 2.00 bits per heavy atom. The number of benzene rings is 1. The van der Waals surface area contributed by atoms with E-state index in [0.29, 0.717) is 5.69 Å². The van der Waals surface area contributed by atoms with E-state index < -0.39 is 16.0 Å². The third-order valence-electron chi connectivity index (χ3n) is 3.12. The fourth-order valence-electron chi connectivity index (χ4n) is 1.97. The van der Waals surface area contributed by atoms with Crippen LogP contribution in [0.3, 0.4) is 0 Å². The predicted octanol–water partition coefficient (Wildman–Crippen LogP) is 2.24. The third-order valence-corrected chi connectivity index (χ3v) is 4.93. The summed E-state index contributed by atoms with van der Waals surface area (Å²) in [5, 5.41) is 12.4. The second kappa shape index (κ2) is 6.91. The first-order valence-electron chi connectivity index (χ1n) is 6.76. The first-order chi connectivity index (χ1) is 9.70. The molecule has 1 aromatic carbocycles. The van der Waals surface area contributed by atoms with E-state index in [9.17, 15) is 18.3 Å². The van der Waals surface area contributed by atoms with Gasteiger partial charge in [0.1, 0.15) is 0 Å². The average molecular weight is 314 g/mol. The standard InChI is InChI=1S/C14H22N2O4S/c1-5-6-10(2)15-13-8-7-11(9-12(13)14(17)18)21(19,20)16(3)4/h7-10,15H,5-6H2,1-4H3,(H,17,18). The summed E-state index contributed by atoms with van der Waals surface area (Å²) < 4.78 is 25.2. The summed E-state index contributed by atoms with van der Waals surface area (Å²) in [5.41, 5.74) is 0.391. The highest BCUT2D eigenvalue weighted by Crippen LogP contribution is 2.23. The Morgan fingerprint density at radius 3 is 2.48 bits per heavy atom. The molecule has 0 aliphatic rings. The topological polar surface area (TPSA) is 86.7 Å². The van der Waals surface area contributed by atoms with Gasteiger partial charge in [0.05, 0.1) is 10.5 Å². The fraction of sp³-hybridized carbons (Fsp3) is 0.500. The average Bonchev–Trinajstić information content (AvgIpc) is 2.38. The first kappa shape index (κ1) is 17.5. The van der Waals surface area contributed by atoms with Gasteiger partial charge >= 0.3 is 5.97 Å². The highest BCUT2D eigenvalue weighted by molar-refractivity contribution is 7.89. The number of rotatable bonds is 7. The summed E-state index contributed by atoms with van der Waals surface area (Å²) >= 11 is 0. The van der Waals surface area contributed by atoms with E-state index in [1.807, 2.05) is 13.8 Å². The monoisotopic (exact) mass is 314 g/mol. The fourth-order valence-corrected chi connectivity index (χ4v) is 2.90. The number of nitrogens with zero attached hydrogens (tertiary/aromatic N) is 1. The van der Waals surface area contributed by atoms with E-state index >= 15 is 0 Å². The molecule has 0 aromatic heterocycles. The largest absolute Gasteiger partial charge is 0.478 e. The second-order valence-electron chi connectivity index (χ2n) is 5.13. The van der Waals surface area contributed by atoms with Gasteiger partial charge in [-0.3, -0.25) is 0 Å². The molecule has 7 heteroatoms. The van der Waals surface area contributed by atoms with Crippen LogP contribution in [-0.2, 0) is 10.0 Å². The van der Waals surface area contributed by atoms with Crippen LogP contribution < -0.4 is 5.32 Å². The smallest absolute Gasteiger partial charge is 0.337 e. The molecule has 2 N–H and O–H groups in total. The molecule has 1 atom stereocenters. The second-order valence-corrected chi connectivity index (χ2v) is 7.29. The summed E-state index contributed by atoms with van der Waals surface area (Å²) in [6.07, 6.45) is 1.88. The van der Waals surface area contributed by atoms with Crippen molar-refractivity contribution in [3.8, 4) is 0 Å². The molecule has 6 nitrogen and oxygen atoms in total. The van der Waals surface area contributed by atoms with Crippen molar-refractivity contribution in [3.63, 3.8) is 0 Å². The molecule has 0 fully saturated rings. The molecule has 0 aliphatic carbocycles. The molecular weight excluding hydrogens is 292 g/mol. The number of sulfonamides is 1. The van der Waals surface area contributed by atoms with Crippen LogP contribution in [-0.4, -0.2) is 43.9 Å². The summed E-state index contributed by atoms with van der Waals surface area (Å²) in [5.74, 6) is -1.16. The molecule has 1 unspecified atom stereocenters. The van der Waals surface area contributed by atoms with Gasteiger partial charge in [0.15, 0.2) is 0 Å². The van der Waals surface area contributed by atoms with Gasteiger partial charge in [-0.25, -0.2) is 17.5 Å². The van der Waals surface area contributed by atoms with Crippen molar-refractivity contribution in [2.45, 2.75) is 37.6 Å². The minimum absolute atomic E-state index is 0.0291. The number of hydrogen-bond acceptors (Lipinski definition) is 4. The number of hydrogen-bond donors (Lipinski definition) is 2. The zero-order valence-corrected chi connectivity index (χ0v) is 13.6. The Morgan fingerprint density at radius 1 is 1.38 bits per heavy atom. The molecule has 1 aromatic rings. The van der Waals surface area contributed by atoms with Gasteiger partial charge in [-0.2, -0.15) is 0 Å². The van der Waals surface area contributed by atoms with Crippen molar-refractivity contribution in [1.82, 2.24) is 4.31 Å².